The van der Waals surface area contributed by atoms with E-state index in [4.69, 9.17) is 0 Å². The van der Waals surface area contributed by atoms with Crippen LogP contribution in [0.5, 0.6) is 0 Å². The standard InChI is InChI=1S/C19H30N4O4S/c1-16-7-13-22(14-8-16)28(26,27)17-5-6-18(19(15-17)23(24)25)20-9-4-12-21-10-2-3-11-21/h5-6,15-16,20H,2-4,7-14H2,1H3. The predicted octanol–water partition coefficient (Wildman–Crippen LogP) is 2.91. The van der Waals surface area contributed by atoms with Crippen LogP contribution in [0.25, 0.3) is 0 Å². The number of benzene rings is 1. The molecule has 0 saturated carbocycles. The van der Waals surface area contributed by atoms with Crippen LogP contribution in [0.1, 0.15) is 39.0 Å². The molecule has 0 spiro atoms. The quantitative estimate of drug-likeness (QED) is 0.402. The number of hydrogen-bond acceptors (Lipinski definition) is 6. The number of nitrogens with one attached hydrogen (secondary N) is 1. The van der Waals surface area contributed by atoms with E-state index in [1.165, 1.54) is 35.3 Å². The largest absolute Gasteiger partial charge is 0.379 e. The molecule has 0 atom stereocenters. The van der Waals surface area contributed by atoms with Crippen molar-refractivity contribution >= 4 is 21.4 Å². The Balaban J connectivity index is 1.67. The molecule has 1 N–H and O–H groups in total. The molecular weight excluding hydrogens is 380 g/mol. The van der Waals surface area contributed by atoms with Crippen LogP contribution in [0, 0.1) is 16.0 Å². The van der Waals surface area contributed by atoms with E-state index in [0.29, 0.717) is 31.2 Å². The van der Waals surface area contributed by atoms with Crippen LogP contribution in [-0.4, -0.2) is 61.8 Å². The molecule has 2 saturated heterocycles. The van der Waals surface area contributed by atoms with Crippen LogP contribution in [-0.2, 0) is 10.0 Å². The Morgan fingerprint density at radius 1 is 1.18 bits per heavy atom. The molecule has 0 aliphatic carbocycles. The average molecular weight is 411 g/mol. The lowest BCUT2D eigenvalue weighted by Crippen LogP contribution is -2.37. The summed E-state index contributed by atoms with van der Waals surface area (Å²) in [7, 11) is -3.70. The van der Waals surface area contributed by atoms with Gasteiger partial charge >= 0.3 is 0 Å². The Bertz CT molecular complexity index is 785. The topological polar surface area (TPSA) is 95.8 Å². The zero-order valence-electron chi connectivity index (χ0n) is 16.5. The van der Waals surface area contributed by atoms with Gasteiger partial charge in [-0.15, -0.1) is 0 Å². The molecule has 1 aromatic rings. The van der Waals surface area contributed by atoms with Gasteiger partial charge < -0.3 is 10.2 Å². The molecule has 156 valence electrons. The Hall–Kier alpha value is -1.71. The molecule has 0 bridgehead atoms. The lowest BCUT2D eigenvalue weighted by atomic mass is 10.0. The number of anilines is 1. The molecule has 2 fully saturated rings. The van der Waals surface area contributed by atoms with Crippen molar-refractivity contribution in [1.82, 2.24) is 9.21 Å². The highest BCUT2D eigenvalue weighted by atomic mass is 32.2. The van der Waals surface area contributed by atoms with Crippen LogP contribution in [0.2, 0.25) is 0 Å². The molecule has 2 aliphatic heterocycles. The van der Waals surface area contributed by atoms with E-state index < -0.39 is 14.9 Å². The fourth-order valence-corrected chi connectivity index (χ4v) is 5.37. The second-order valence-corrected chi connectivity index (χ2v) is 9.79. The number of likely N-dealkylation sites (tertiary alicyclic amines) is 1. The van der Waals surface area contributed by atoms with Gasteiger partial charge in [0, 0.05) is 25.7 Å². The second-order valence-electron chi connectivity index (χ2n) is 7.85. The molecule has 0 amide bonds. The van der Waals surface area contributed by atoms with Crippen molar-refractivity contribution in [2.75, 3.05) is 44.6 Å². The van der Waals surface area contributed by atoms with E-state index in [2.05, 4.69) is 17.1 Å². The summed E-state index contributed by atoms with van der Waals surface area (Å²) in [6.45, 7) is 6.89. The van der Waals surface area contributed by atoms with Crippen molar-refractivity contribution in [3.63, 3.8) is 0 Å². The summed E-state index contributed by atoms with van der Waals surface area (Å²) < 4.78 is 27.2. The summed E-state index contributed by atoms with van der Waals surface area (Å²) in [4.78, 5) is 13.4. The fourth-order valence-electron chi connectivity index (χ4n) is 3.88. The van der Waals surface area contributed by atoms with Gasteiger partial charge in [-0.2, -0.15) is 4.31 Å². The molecule has 0 aromatic heterocycles. The first-order valence-corrected chi connectivity index (χ1v) is 11.6. The highest BCUT2D eigenvalue weighted by Crippen LogP contribution is 2.30. The van der Waals surface area contributed by atoms with Crippen LogP contribution in [0.4, 0.5) is 11.4 Å². The molecule has 8 nitrogen and oxygen atoms in total. The number of piperidine rings is 1. The van der Waals surface area contributed by atoms with Crippen molar-refractivity contribution in [3.05, 3.63) is 28.3 Å². The minimum Gasteiger partial charge on any atom is -0.379 e. The van der Waals surface area contributed by atoms with E-state index in [1.807, 2.05) is 0 Å². The maximum Gasteiger partial charge on any atom is 0.293 e. The molecule has 2 aliphatic rings. The highest BCUT2D eigenvalue weighted by molar-refractivity contribution is 7.89. The van der Waals surface area contributed by atoms with Gasteiger partial charge in [0.25, 0.3) is 5.69 Å². The number of hydrogen-bond donors (Lipinski definition) is 1. The van der Waals surface area contributed by atoms with Crippen LogP contribution in [0.15, 0.2) is 23.1 Å². The lowest BCUT2D eigenvalue weighted by Gasteiger charge is -2.29. The van der Waals surface area contributed by atoms with Gasteiger partial charge in [0.05, 0.1) is 9.82 Å². The normalized spacial score (nSPS) is 19.8. The van der Waals surface area contributed by atoms with E-state index in [0.717, 1.165) is 38.9 Å². The molecule has 28 heavy (non-hydrogen) atoms. The first kappa shape index (κ1) is 21.0. The van der Waals surface area contributed by atoms with Gasteiger partial charge in [-0.3, -0.25) is 10.1 Å². The minimum atomic E-state index is -3.70. The van der Waals surface area contributed by atoms with Crippen molar-refractivity contribution in [2.45, 2.75) is 43.9 Å². The SMILES string of the molecule is CC1CCN(S(=O)(=O)c2ccc(NCCCN3CCCC3)c([N+](=O)[O-])c2)CC1. The van der Waals surface area contributed by atoms with E-state index in [-0.39, 0.29) is 10.6 Å². The Morgan fingerprint density at radius 3 is 2.50 bits per heavy atom. The van der Waals surface area contributed by atoms with Crippen molar-refractivity contribution in [2.24, 2.45) is 5.92 Å². The Kier molecular flexibility index (Phi) is 6.90. The van der Waals surface area contributed by atoms with Crippen molar-refractivity contribution in [1.29, 1.82) is 0 Å². The molecular formula is C19H30N4O4S. The van der Waals surface area contributed by atoms with Crippen LogP contribution < -0.4 is 5.32 Å². The van der Waals surface area contributed by atoms with E-state index in [1.54, 1.807) is 0 Å². The first-order valence-electron chi connectivity index (χ1n) is 10.1. The van der Waals surface area contributed by atoms with E-state index in [9.17, 15) is 18.5 Å². The number of rotatable bonds is 8. The number of sulfonamides is 1. The monoisotopic (exact) mass is 410 g/mol. The molecule has 0 radical (unpaired) electrons. The first-order chi connectivity index (χ1) is 13.4. The number of nitro benzene ring substituents is 1. The summed E-state index contributed by atoms with van der Waals surface area (Å²) in [5, 5.41) is 14.6. The summed E-state index contributed by atoms with van der Waals surface area (Å²) in [6, 6.07) is 4.19. The molecule has 2 heterocycles. The minimum absolute atomic E-state index is 0.00336. The molecule has 0 unspecified atom stereocenters. The second kappa shape index (κ2) is 9.19. The zero-order chi connectivity index (χ0) is 20.1. The predicted molar refractivity (Wildman–Crippen MR) is 109 cm³/mol. The summed E-state index contributed by atoms with van der Waals surface area (Å²) in [5.74, 6) is 0.507. The summed E-state index contributed by atoms with van der Waals surface area (Å²) >= 11 is 0. The third kappa shape index (κ3) is 5.01. The molecule has 9 heteroatoms. The highest BCUT2D eigenvalue weighted by Gasteiger charge is 2.30. The number of nitro groups is 1. The van der Waals surface area contributed by atoms with Gasteiger partial charge in [0.2, 0.25) is 10.0 Å². The maximum atomic E-state index is 12.9. The zero-order valence-corrected chi connectivity index (χ0v) is 17.3. The van der Waals surface area contributed by atoms with Crippen LogP contribution in [0.3, 0.4) is 0 Å². The average Bonchev–Trinajstić information content (AvgIpc) is 3.19. The lowest BCUT2D eigenvalue weighted by molar-refractivity contribution is -0.384. The Morgan fingerprint density at radius 2 is 1.86 bits per heavy atom. The smallest absolute Gasteiger partial charge is 0.293 e. The van der Waals surface area contributed by atoms with Gasteiger partial charge in [0.1, 0.15) is 5.69 Å². The van der Waals surface area contributed by atoms with E-state index >= 15 is 0 Å². The third-order valence-electron chi connectivity index (χ3n) is 5.71. The van der Waals surface area contributed by atoms with Gasteiger partial charge in [-0.25, -0.2) is 8.42 Å². The number of nitrogens with zero attached hydrogens (tertiary/aromatic N) is 3. The van der Waals surface area contributed by atoms with Gasteiger partial charge in [-0.1, -0.05) is 6.92 Å². The van der Waals surface area contributed by atoms with Crippen molar-refractivity contribution in [3.8, 4) is 0 Å². The van der Waals surface area contributed by atoms with Gasteiger partial charge in [0.15, 0.2) is 0 Å². The molecule has 3 rings (SSSR count). The summed E-state index contributed by atoms with van der Waals surface area (Å²) in [6.07, 6.45) is 5.01. The Labute approximate surface area is 167 Å². The third-order valence-corrected chi connectivity index (χ3v) is 7.61. The fraction of sp³-hybridized carbons (Fsp3) is 0.684. The van der Waals surface area contributed by atoms with Crippen LogP contribution >= 0.6 is 0 Å². The van der Waals surface area contributed by atoms with Crippen molar-refractivity contribution < 1.29 is 13.3 Å². The summed E-state index contributed by atoms with van der Waals surface area (Å²) in [5.41, 5.74) is 0.185. The van der Waals surface area contributed by atoms with Gasteiger partial charge in [-0.05, 0) is 69.8 Å². The maximum absolute atomic E-state index is 12.9. The molecule has 1 aromatic carbocycles.